The largest absolute Gasteiger partial charge is 0.375 e. The smallest absolute Gasteiger partial charge is 0.0971 e. The summed E-state index contributed by atoms with van der Waals surface area (Å²) < 4.78 is 9.73. The van der Waals surface area contributed by atoms with Crippen molar-refractivity contribution >= 4 is 0 Å². The van der Waals surface area contributed by atoms with Gasteiger partial charge in [0, 0.05) is 38.6 Å². The van der Waals surface area contributed by atoms with Crippen molar-refractivity contribution in [2.24, 2.45) is 0 Å². The Labute approximate surface area is 146 Å². The van der Waals surface area contributed by atoms with Gasteiger partial charge in [0.1, 0.15) is 0 Å². The van der Waals surface area contributed by atoms with Crippen molar-refractivity contribution in [3.05, 3.63) is 60.7 Å². The van der Waals surface area contributed by atoms with Gasteiger partial charge in [0.15, 0.2) is 0 Å². The van der Waals surface area contributed by atoms with Crippen LogP contribution in [0.25, 0.3) is 5.69 Å². The van der Waals surface area contributed by atoms with Crippen LogP contribution in [0.2, 0.25) is 0 Å². The molecule has 1 saturated heterocycles. The molecule has 1 aromatic carbocycles. The lowest BCUT2D eigenvalue weighted by Crippen LogP contribution is -2.34. The maximum absolute atomic E-state index is 5.98. The van der Waals surface area contributed by atoms with Crippen LogP contribution in [0.5, 0.6) is 0 Å². The van der Waals surface area contributed by atoms with Gasteiger partial charge in [-0.05, 0) is 24.6 Å². The van der Waals surface area contributed by atoms with Gasteiger partial charge in [0.2, 0.25) is 0 Å². The van der Waals surface area contributed by atoms with Crippen molar-refractivity contribution in [1.82, 2.24) is 29.7 Å². The van der Waals surface area contributed by atoms with E-state index in [1.54, 1.807) is 6.20 Å². The minimum atomic E-state index is 0.145. The summed E-state index contributed by atoms with van der Waals surface area (Å²) in [6.45, 7) is 4.23. The highest BCUT2D eigenvalue weighted by Gasteiger charge is 2.20. The van der Waals surface area contributed by atoms with Gasteiger partial charge in [0.05, 0.1) is 30.2 Å². The average molecular weight is 338 g/mol. The molecule has 1 fully saturated rings. The molecule has 1 aliphatic rings. The predicted octanol–water partition coefficient (Wildman–Crippen LogP) is 1.75. The first-order valence-electron chi connectivity index (χ1n) is 8.65. The van der Waals surface area contributed by atoms with Crippen LogP contribution < -0.4 is 0 Å². The van der Waals surface area contributed by atoms with Crippen LogP contribution in [-0.4, -0.2) is 55.5 Å². The molecule has 0 radical (unpaired) electrons. The second-order valence-electron chi connectivity index (χ2n) is 6.30. The highest BCUT2D eigenvalue weighted by atomic mass is 16.5. The summed E-state index contributed by atoms with van der Waals surface area (Å²) in [5.41, 5.74) is 2.00. The van der Waals surface area contributed by atoms with E-state index in [2.05, 4.69) is 20.3 Å². The molecule has 1 atom stereocenters. The van der Waals surface area contributed by atoms with Gasteiger partial charge in [-0.1, -0.05) is 23.4 Å². The summed E-state index contributed by atoms with van der Waals surface area (Å²) in [6.07, 6.45) is 6.96. The zero-order valence-electron chi connectivity index (χ0n) is 14.1. The zero-order valence-corrected chi connectivity index (χ0v) is 14.1. The van der Waals surface area contributed by atoms with E-state index in [-0.39, 0.29) is 6.10 Å². The topological polar surface area (TPSA) is 61.0 Å². The molecular formula is C18H22N6O. The number of hydrogen-bond donors (Lipinski definition) is 0. The SMILES string of the molecule is c1ccc(-n2cc(CN3CCCO[C@@H](Cn4cccn4)C3)nn2)cc1. The van der Waals surface area contributed by atoms with Crippen LogP contribution in [0.1, 0.15) is 12.1 Å². The number of hydrogen-bond acceptors (Lipinski definition) is 5. The Hall–Kier alpha value is -2.51. The maximum Gasteiger partial charge on any atom is 0.0971 e. The van der Waals surface area contributed by atoms with Crippen LogP contribution >= 0.6 is 0 Å². The second-order valence-corrected chi connectivity index (χ2v) is 6.30. The monoisotopic (exact) mass is 338 g/mol. The third-order valence-electron chi connectivity index (χ3n) is 4.33. The summed E-state index contributed by atoms with van der Waals surface area (Å²) in [5, 5.41) is 12.9. The third kappa shape index (κ3) is 4.12. The van der Waals surface area contributed by atoms with Crippen molar-refractivity contribution < 1.29 is 4.74 Å². The second kappa shape index (κ2) is 7.58. The van der Waals surface area contributed by atoms with E-state index in [0.29, 0.717) is 0 Å². The molecule has 25 heavy (non-hydrogen) atoms. The van der Waals surface area contributed by atoms with Crippen LogP contribution in [0.15, 0.2) is 55.0 Å². The molecule has 0 N–H and O–H groups in total. The molecule has 0 bridgehead atoms. The van der Waals surface area contributed by atoms with Gasteiger partial charge < -0.3 is 4.74 Å². The lowest BCUT2D eigenvalue weighted by atomic mass is 10.3. The van der Waals surface area contributed by atoms with Crippen LogP contribution in [0.4, 0.5) is 0 Å². The Kier molecular flexibility index (Phi) is 4.85. The normalized spacial score (nSPS) is 19.0. The molecule has 7 nitrogen and oxygen atoms in total. The summed E-state index contributed by atoms with van der Waals surface area (Å²) in [5.74, 6) is 0. The van der Waals surface area contributed by atoms with Crippen molar-refractivity contribution in [2.45, 2.75) is 25.6 Å². The van der Waals surface area contributed by atoms with Crippen molar-refractivity contribution in [3.8, 4) is 5.69 Å². The van der Waals surface area contributed by atoms with Gasteiger partial charge in [-0.25, -0.2) is 4.68 Å². The number of benzene rings is 1. The fourth-order valence-corrected chi connectivity index (χ4v) is 3.15. The van der Waals surface area contributed by atoms with Gasteiger partial charge in [0.25, 0.3) is 0 Å². The molecule has 0 unspecified atom stereocenters. The molecule has 0 amide bonds. The van der Waals surface area contributed by atoms with E-state index in [1.165, 1.54) is 0 Å². The van der Waals surface area contributed by atoms with Gasteiger partial charge in [-0.3, -0.25) is 9.58 Å². The molecule has 2 aromatic heterocycles. The average Bonchev–Trinajstić information content (AvgIpc) is 3.26. The Balaban J connectivity index is 1.40. The molecule has 0 spiro atoms. The standard InChI is InChI=1S/C18H22N6O/c1-2-6-17(7-3-1)24-13-16(20-21-24)12-22-9-5-11-25-18(14-22)15-23-10-4-8-19-23/h1-4,6-8,10,13,18H,5,9,11-12,14-15H2/t18-/m1/s1. The van der Waals surface area contributed by atoms with E-state index in [4.69, 9.17) is 4.74 Å². The quantitative estimate of drug-likeness (QED) is 0.709. The first-order valence-corrected chi connectivity index (χ1v) is 8.65. The summed E-state index contributed by atoms with van der Waals surface area (Å²) in [7, 11) is 0. The minimum Gasteiger partial charge on any atom is -0.375 e. The van der Waals surface area contributed by atoms with Crippen LogP contribution in [-0.2, 0) is 17.8 Å². The summed E-state index contributed by atoms with van der Waals surface area (Å²) >= 11 is 0. The van der Waals surface area contributed by atoms with Crippen molar-refractivity contribution in [2.75, 3.05) is 19.7 Å². The molecule has 4 rings (SSSR count). The lowest BCUT2D eigenvalue weighted by molar-refractivity contribution is 0.0390. The first kappa shape index (κ1) is 16.0. The highest BCUT2D eigenvalue weighted by Crippen LogP contribution is 2.12. The van der Waals surface area contributed by atoms with Crippen molar-refractivity contribution in [1.29, 1.82) is 0 Å². The Morgan fingerprint density at radius 1 is 1.16 bits per heavy atom. The highest BCUT2D eigenvalue weighted by molar-refractivity contribution is 5.29. The minimum absolute atomic E-state index is 0.145. The van der Waals surface area contributed by atoms with Crippen molar-refractivity contribution in [3.63, 3.8) is 0 Å². The number of rotatable bonds is 5. The molecule has 7 heteroatoms. The van der Waals surface area contributed by atoms with Gasteiger partial charge in [-0.15, -0.1) is 5.10 Å². The van der Waals surface area contributed by atoms with Crippen LogP contribution in [0, 0.1) is 0 Å². The maximum atomic E-state index is 5.98. The van der Waals surface area contributed by atoms with Gasteiger partial charge >= 0.3 is 0 Å². The Morgan fingerprint density at radius 2 is 2.08 bits per heavy atom. The van der Waals surface area contributed by atoms with Crippen LogP contribution in [0.3, 0.4) is 0 Å². The fraction of sp³-hybridized carbons (Fsp3) is 0.389. The van der Waals surface area contributed by atoms with E-state index >= 15 is 0 Å². The predicted molar refractivity (Wildman–Crippen MR) is 93.2 cm³/mol. The molecule has 0 aliphatic carbocycles. The zero-order chi connectivity index (χ0) is 16.9. The van der Waals surface area contributed by atoms with E-state index < -0.39 is 0 Å². The molecule has 3 heterocycles. The number of ether oxygens (including phenoxy) is 1. The summed E-state index contributed by atoms with van der Waals surface area (Å²) in [4.78, 5) is 2.39. The first-order chi connectivity index (χ1) is 12.4. The molecule has 130 valence electrons. The van der Waals surface area contributed by atoms with E-state index in [0.717, 1.165) is 50.6 Å². The van der Waals surface area contributed by atoms with Gasteiger partial charge in [-0.2, -0.15) is 5.10 Å². The summed E-state index contributed by atoms with van der Waals surface area (Å²) in [6, 6.07) is 12.0. The van der Waals surface area contributed by atoms with E-state index in [1.807, 2.05) is 58.2 Å². The Bertz CT molecular complexity index is 770. The number of nitrogens with zero attached hydrogens (tertiary/aromatic N) is 6. The van der Waals surface area contributed by atoms with E-state index in [9.17, 15) is 0 Å². The number of para-hydroxylation sites is 1. The molecule has 3 aromatic rings. The lowest BCUT2D eigenvalue weighted by Gasteiger charge is -2.22. The third-order valence-corrected chi connectivity index (χ3v) is 4.33. The molecule has 0 saturated carbocycles. The number of aromatic nitrogens is 5. The fourth-order valence-electron chi connectivity index (χ4n) is 3.15. The Morgan fingerprint density at radius 3 is 2.92 bits per heavy atom. The molecule has 1 aliphatic heterocycles. The molecular weight excluding hydrogens is 316 g/mol.